The van der Waals surface area contributed by atoms with E-state index in [-0.39, 0.29) is 17.0 Å². The highest BCUT2D eigenvalue weighted by Gasteiger charge is 2.28. The summed E-state index contributed by atoms with van der Waals surface area (Å²) in [7, 11) is 0. The van der Waals surface area contributed by atoms with Gasteiger partial charge in [0.1, 0.15) is 11.5 Å². The second-order valence-electron chi connectivity index (χ2n) is 8.37. The maximum Gasteiger partial charge on any atom is 0.343 e. The number of ketones is 1. The molecule has 5 heteroatoms. The van der Waals surface area contributed by atoms with Crippen LogP contribution in [0, 0.1) is 0 Å². The summed E-state index contributed by atoms with van der Waals surface area (Å²) >= 11 is 6.00. The predicted molar refractivity (Wildman–Crippen MR) is 121 cm³/mol. The number of carbonyl (C=O) groups is 2. The third-order valence-electron chi connectivity index (χ3n) is 4.99. The first-order valence-corrected chi connectivity index (χ1v) is 10.2. The number of benzene rings is 3. The minimum absolute atomic E-state index is 0.00258. The molecule has 1 aliphatic rings. The average Bonchev–Trinajstić information content (AvgIpc) is 3.02. The van der Waals surface area contributed by atoms with Crippen LogP contribution in [0.15, 0.2) is 72.5 Å². The molecule has 0 aliphatic carbocycles. The minimum atomic E-state index is -0.473. The van der Waals surface area contributed by atoms with Crippen LogP contribution in [0.5, 0.6) is 11.5 Å². The van der Waals surface area contributed by atoms with E-state index < -0.39 is 5.97 Å². The summed E-state index contributed by atoms with van der Waals surface area (Å²) in [6.07, 6.45) is 1.64. The largest absolute Gasteiger partial charge is 0.452 e. The molecule has 4 nitrogen and oxygen atoms in total. The molecular formula is C26H21ClO4. The summed E-state index contributed by atoms with van der Waals surface area (Å²) in [4.78, 5) is 25.1. The Morgan fingerprint density at radius 3 is 2.42 bits per heavy atom. The number of hydrogen-bond donors (Lipinski definition) is 0. The first-order valence-electron chi connectivity index (χ1n) is 9.87. The highest BCUT2D eigenvalue weighted by atomic mass is 35.5. The van der Waals surface area contributed by atoms with Gasteiger partial charge in [-0.15, -0.1) is 0 Å². The van der Waals surface area contributed by atoms with Gasteiger partial charge in [0.2, 0.25) is 5.78 Å². The van der Waals surface area contributed by atoms with Crippen LogP contribution in [0.2, 0.25) is 5.02 Å². The normalized spacial score (nSPS) is 14.3. The van der Waals surface area contributed by atoms with E-state index in [1.165, 1.54) is 0 Å². The van der Waals surface area contributed by atoms with E-state index in [9.17, 15) is 9.59 Å². The van der Waals surface area contributed by atoms with Crippen molar-refractivity contribution in [1.82, 2.24) is 0 Å². The molecule has 3 aromatic carbocycles. The summed E-state index contributed by atoms with van der Waals surface area (Å²) in [5.74, 6) is 0.149. The minimum Gasteiger partial charge on any atom is -0.452 e. The number of ether oxygens (including phenoxy) is 2. The number of fused-ring (bicyclic) bond motifs is 1. The van der Waals surface area contributed by atoms with Gasteiger partial charge in [-0.2, -0.15) is 0 Å². The summed E-state index contributed by atoms with van der Waals surface area (Å²) in [5, 5.41) is 0.571. The highest BCUT2D eigenvalue weighted by Crippen LogP contribution is 2.35. The van der Waals surface area contributed by atoms with Crippen LogP contribution in [-0.2, 0) is 5.41 Å². The molecule has 156 valence electrons. The molecule has 31 heavy (non-hydrogen) atoms. The van der Waals surface area contributed by atoms with Gasteiger partial charge in [-0.25, -0.2) is 4.79 Å². The Labute approximate surface area is 186 Å². The lowest BCUT2D eigenvalue weighted by atomic mass is 9.87. The molecule has 0 bridgehead atoms. The smallest absolute Gasteiger partial charge is 0.343 e. The van der Waals surface area contributed by atoms with Crippen LogP contribution in [-0.4, -0.2) is 11.8 Å². The second-order valence-corrected chi connectivity index (χ2v) is 8.81. The molecule has 0 spiro atoms. The molecule has 0 unspecified atom stereocenters. The number of carbonyl (C=O) groups excluding carboxylic acids is 2. The van der Waals surface area contributed by atoms with Crippen LogP contribution in [0.3, 0.4) is 0 Å². The van der Waals surface area contributed by atoms with Crippen LogP contribution < -0.4 is 9.47 Å². The Kier molecular flexibility index (Phi) is 5.42. The molecule has 1 aliphatic heterocycles. The monoisotopic (exact) mass is 432 g/mol. The number of rotatable bonds is 3. The number of halogens is 1. The van der Waals surface area contributed by atoms with Crippen molar-refractivity contribution in [3.8, 4) is 11.5 Å². The van der Waals surface area contributed by atoms with Gasteiger partial charge < -0.3 is 9.47 Å². The van der Waals surface area contributed by atoms with Gasteiger partial charge in [-0.05, 0) is 59.0 Å². The molecule has 0 amide bonds. The summed E-state index contributed by atoms with van der Waals surface area (Å²) in [6, 6.07) is 19.2. The molecule has 0 atom stereocenters. The van der Waals surface area contributed by atoms with Crippen molar-refractivity contribution in [2.45, 2.75) is 26.2 Å². The van der Waals surface area contributed by atoms with E-state index in [4.69, 9.17) is 21.1 Å². The topological polar surface area (TPSA) is 52.6 Å². The second kappa shape index (κ2) is 8.05. The highest BCUT2D eigenvalue weighted by molar-refractivity contribution is 6.30. The van der Waals surface area contributed by atoms with E-state index in [2.05, 4.69) is 20.8 Å². The molecule has 3 aromatic rings. The summed E-state index contributed by atoms with van der Waals surface area (Å²) in [5.41, 5.74) is 2.76. The molecule has 0 saturated carbocycles. The van der Waals surface area contributed by atoms with Gasteiger partial charge >= 0.3 is 5.97 Å². The van der Waals surface area contributed by atoms with Crippen LogP contribution in [0.4, 0.5) is 0 Å². The van der Waals surface area contributed by atoms with E-state index in [1.807, 2.05) is 18.2 Å². The van der Waals surface area contributed by atoms with Crippen LogP contribution in [0.25, 0.3) is 6.08 Å². The Balaban J connectivity index is 1.51. The predicted octanol–water partition coefficient (Wildman–Crippen LogP) is 6.47. The van der Waals surface area contributed by atoms with Gasteiger partial charge in [0, 0.05) is 11.1 Å². The third kappa shape index (κ3) is 4.54. The maximum absolute atomic E-state index is 12.6. The standard InChI is InChI=1S/C26H21ClO4/c1-26(2,3)18-9-7-17(8-10-18)25(29)30-20-11-12-21-22(15-20)31-23(24(21)28)14-16-5-4-6-19(27)13-16/h4-15H,1-3H3. The third-order valence-corrected chi connectivity index (χ3v) is 5.22. The van der Waals surface area contributed by atoms with Gasteiger partial charge in [0.25, 0.3) is 0 Å². The number of hydrogen-bond acceptors (Lipinski definition) is 4. The SMILES string of the molecule is CC(C)(C)c1ccc(C(=O)Oc2ccc3c(c2)OC(=Cc2cccc(Cl)c2)C3=O)cc1. The summed E-state index contributed by atoms with van der Waals surface area (Å²) in [6.45, 7) is 6.34. The molecule has 1 heterocycles. The number of esters is 1. The molecule has 0 radical (unpaired) electrons. The Morgan fingerprint density at radius 1 is 1.00 bits per heavy atom. The van der Waals surface area contributed by atoms with E-state index in [0.717, 1.165) is 11.1 Å². The van der Waals surface area contributed by atoms with Crippen molar-refractivity contribution in [1.29, 1.82) is 0 Å². The van der Waals surface area contributed by atoms with Crippen molar-refractivity contribution < 1.29 is 19.1 Å². The first-order chi connectivity index (χ1) is 14.7. The number of Topliss-reactive ketones (excluding diaryl/α,β-unsaturated/α-hetero) is 1. The zero-order valence-electron chi connectivity index (χ0n) is 17.4. The maximum atomic E-state index is 12.6. The number of allylic oxidation sites excluding steroid dienone is 1. The van der Waals surface area contributed by atoms with Crippen molar-refractivity contribution >= 4 is 29.4 Å². The van der Waals surface area contributed by atoms with Crippen molar-refractivity contribution in [3.05, 3.63) is 99.8 Å². The van der Waals surface area contributed by atoms with E-state index >= 15 is 0 Å². The van der Waals surface area contributed by atoms with Crippen LogP contribution in [0.1, 0.15) is 52.6 Å². The fraction of sp³-hybridized carbons (Fsp3) is 0.154. The molecular weight excluding hydrogens is 412 g/mol. The molecule has 4 rings (SSSR count). The van der Waals surface area contributed by atoms with Crippen molar-refractivity contribution in [3.63, 3.8) is 0 Å². The van der Waals surface area contributed by atoms with Gasteiger partial charge in [-0.3, -0.25) is 4.79 Å². The Morgan fingerprint density at radius 2 is 1.74 bits per heavy atom. The van der Waals surface area contributed by atoms with E-state index in [1.54, 1.807) is 54.6 Å². The lowest BCUT2D eigenvalue weighted by Gasteiger charge is -2.18. The fourth-order valence-electron chi connectivity index (χ4n) is 3.25. The van der Waals surface area contributed by atoms with Crippen molar-refractivity contribution in [2.24, 2.45) is 0 Å². The quantitative estimate of drug-likeness (QED) is 0.270. The van der Waals surface area contributed by atoms with Crippen LogP contribution >= 0.6 is 11.6 Å². The lowest BCUT2D eigenvalue weighted by Crippen LogP contribution is -2.12. The molecule has 0 saturated heterocycles. The first kappa shape index (κ1) is 20.9. The fourth-order valence-corrected chi connectivity index (χ4v) is 3.45. The van der Waals surface area contributed by atoms with Crippen molar-refractivity contribution in [2.75, 3.05) is 0 Å². The van der Waals surface area contributed by atoms with Gasteiger partial charge in [-0.1, -0.05) is 56.6 Å². The molecule has 0 N–H and O–H groups in total. The van der Waals surface area contributed by atoms with E-state index in [0.29, 0.717) is 27.6 Å². The molecule has 0 aromatic heterocycles. The Hall–Kier alpha value is -3.37. The van der Waals surface area contributed by atoms with Gasteiger partial charge in [0.05, 0.1) is 11.1 Å². The zero-order valence-corrected chi connectivity index (χ0v) is 18.2. The molecule has 0 fully saturated rings. The lowest BCUT2D eigenvalue weighted by molar-refractivity contribution is 0.0734. The zero-order chi connectivity index (χ0) is 22.2. The van der Waals surface area contributed by atoms with Gasteiger partial charge in [0.15, 0.2) is 5.76 Å². The Bertz CT molecular complexity index is 1200. The average molecular weight is 433 g/mol. The summed E-state index contributed by atoms with van der Waals surface area (Å²) < 4.78 is 11.2.